The minimum atomic E-state index is 0.906. The van der Waals surface area contributed by atoms with Gasteiger partial charge in [0, 0.05) is 11.1 Å². The van der Waals surface area contributed by atoms with Crippen molar-refractivity contribution >= 4 is 12.2 Å². The molecule has 114 valence electrons. The molecule has 0 N–H and O–H groups in total. The summed E-state index contributed by atoms with van der Waals surface area (Å²) in [4.78, 5) is 0. The van der Waals surface area contributed by atoms with Crippen molar-refractivity contribution in [3.8, 4) is 11.5 Å². The maximum Gasteiger partial charge on any atom is 0.126 e. The number of unbranched alkanes of at least 4 members (excludes halogenated alkanes) is 1. The van der Waals surface area contributed by atoms with Crippen molar-refractivity contribution < 1.29 is 9.47 Å². The third kappa shape index (κ3) is 4.52. The van der Waals surface area contributed by atoms with Gasteiger partial charge >= 0.3 is 0 Å². The standard InChI is InChI=1S/C20H22O2/c1-21-19-15-9-7-13-17(19)11-5-3-4-6-12-18-14-8-10-16-20(18)22-2/h5-16H,3-4H2,1-2H3/b11-5+,12-6+. The van der Waals surface area contributed by atoms with E-state index in [4.69, 9.17) is 9.47 Å². The van der Waals surface area contributed by atoms with Crippen LogP contribution in [0.3, 0.4) is 0 Å². The summed E-state index contributed by atoms with van der Waals surface area (Å²) in [5.74, 6) is 1.81. The van der Waals surface area contributed by atoms with Gasteiger partial charge in [-0.2, -0.15) is 0 Å². The molecule has 0 aliphatic heterocycles. The highest BCUT2D eigenvalue weighted by molar-refractivity contribution is 5.58. The summed E-state index contributed by atoms with van der Waals surface area (Å²) < 4.78 is 10.7. The summed E-state index contributed by atoms with van der Waals surface area (Å²) in [6.45, 7) is 0. The third-order valence-electron chi connectivity index (χ3n) is 3.37. The van der Waals surface area contributed by atoms with Crippen molar-refractivity contribution in [2.24, 2.45) is 0 Å². The van der Waals surface area contributed by atoms with E-state index in [0.29, 0.717) is 0 Å². The number of benzene rings is 2. The molecule has 0 saturated carbocycles. The maximum atomic E-state index is 5.33. The van der Waals surface area contributed by atoms with Gasteiger partial charge in [-0.3, -0.25) is 0 Å². The molecule has 2 heteroatoms. The molecule has 0 saturated heterocycles. The Morgan fingerprint density at radius 1 is 0.682 bits per heavy atom. The fourth-order valence-corrected chi connectivity index (χ4v) is 2.22. The molecule has 2 aromatic carbocycles. The average molecular weight is 294 g/mol. The highest BCUT2D eigenvalue weighted by Crippen LogP contribution is 2.20. The highest BCUT2D eigenvalue weighted by Gasteiger charge is 1.96. The Morgan fingerprint density at radius 3 is 1.50 bits per heavy atom. The molecule has 2 rings (SSSR count). The molecular formula is C20H22O2. The van der Waals surface area contributed by atoms with E-state index < -0.39 is 0 Å². The van der Waals surface area contributed by atoms with Crippen molar-refractivity contribution in [1.82, 2.24) is 0 Å². The second-order valence-corrected chi connectivity index (χ2v) is 4.87. The van der Waals surface area contributed by atoms with E-state index in [0.717, 1.165) is 35.5 Å². The monoisotopic (exact) mass is 294 g/mol. The predicted molar refractivity (Wildman–Crippen MR) is 93.3 cm³/mol. The predicted octanol–water partition coefficient (Wildman–Crippen LogP) is 5.21. The Bertz CT molecular complexity index is 584. The van der Waals surface area contributed by atoms with E-state index in [1.54, 1.807) is 14.2 Å². The van der Waals surface area contributed by atoms with Crippen LogP contribution in [0.15, 0.2) is 60.7 Å². The first-order valence-corrected chi connectivity index (χ1v) is 7.44. The molecule has 2 aromatic rings. The highest BCUT2D eigenvalue weighted by atomic mass is 16.5. The molecule has 0 atom stereocenters. The molecule has 0 spiro atoms. The first kappa shape index (κ1) is 15.9. The molecule has 0 aromatic heterocycles. The van der Waals surface area contributed by atoms with Gasteiger partial charge in [-0.05, 0) is 25.0 Å². The van der Waals surface area contributed by atoms with E-state index in [-0.39, 0.29) is 0 Å². The van der Waals surface area contributed by atoms with Crippen LogP contribution >= 0.6 is 0 Å². The lowest BCUT2D eigenvalue weighted by atomic mass is 10.1. The Labute approximate surface area is 132 Å². The number of ether oxygens (including phenoxy) is 2. The van der Waals surface area contributed by atoms with Crippen LogP contribution in [-0.2, 0) is 0 Å². The number of allylic oxidation sites excluding steroid dienone is 2. The Morgan fingerprint density at radius 2 is 1.09 bits per heavy atom. The van der Waals surface area contributed by atoms with Gasteiger partial charge in [0.1, 0.15) is 11.5 Å². The average Bonchev–Trinajstić information content (AvgIpc) is 2.58. The largest absolute Gasteiger partial charge is 0.496 e. The van der Waals surface area contributed by atoms with Crippen LogP contribution < -0.4 is 9.47 Å². The lowest BCUT2D eigenvalue weighted by Crippen LogP contribution is -1.85. The van der Waals surface area contributed by atoms with Gasteiger partial charge < -0.3 is 9.47 Å². The summed E-state index contributed by atoms with van der Waals surface area (Å²) >= 11 is 0. The van der Waals surface area contributed by atoms with Crippen LogP contribution in [0, 0.1) is 0 Å². The lowest BCUT2D eigenvalue weighted by Gasteiger charge is -2.03. The Kier molecular flexibility index (Phi) is 6.31. The topological polar surface area (TPSA) is 18.5 Å². The van der Waals surface area contributed by atoms with Crippen molar-refractivity contribution in [2.45, 2.75) is 12.8 Å². The normalized spacial score (nSPS) is 11.2. The Balaban J connectivity index is 1.86. The van der Waals surface area contributed by atoms with Gasteiger partial charge in [0.25, 0.3) is 0 Å². The van der Waals surface area contributed by atoms with Crippen molar-refractivity contribution in [2.75, 3.05) is 14.2 Å². The molecule has 22 heavy (non-hydrogen) atoms. The molecule has 0 bridgehead atoms. The van der Waals surface area contributed by atoms with Crippen molar-refractivity contribution in [3.63, 3.8) is 0 Å². The summed E-state index contributed by atoms with van der Waals surface area (Å²) in [6, 6.07) is 16.0. The molecule has 0 heterocycles. The van der Waals surface area contributed by atoms with Crippen molar-refractivity contribution in [1.29, 1.82) is 0 Å². The van der Waals surface area contributed by atoms with Gasteiger partial charge in [-0.25, -0.2) is 0 Å². The first-order valence-electron chi connectivity index (χ1n) is 7.44. The molecule has 0 fully saturated rings. The summed E-state index contributed by atoms with van der Waals surface area (Å²) in [6.07, 6.45) is 10.5. The Hall–Kier alpha value is -2.48. The number of hydrogen-bond donors (Lipinski definition) is 0. The van der Waals surface area contributed by atoms with Gasteiger partial charge in [0.15, 0.2) is 0 Å². The summed E-state index contributed by atoms with van der Waals surface area (Å²) in [7, 11) is 3.39. The van der Waals surface area contributed by atoms with Gasteiger partial charge in [-0.1, -0.05) is 60.7 Å². The quantitative estimate of drug-likeness (QED) is 0.653. The zero-order chi connectivity index (χ0) is 15.6. The van der Waals surface area contributed by atoms with E-state index in [1.807, 2.05) is 36.4 Å². The zero-order valence-corrected chi connectivity index (χ0v) is 13.2. The van der Waals surface area contributed by atoms with Gasteiger partial charge in [0.2, 0.25) is 0 Å². The minimum Gasteiger partial charge on any atom is -0.496 e. The maximum absolute atomic E-state index is 5.33. The smallest absolute Gasteiger partial charge is 0.126 e. The number of methoxy groups -OCH3 is 2. The van der Waals surface area contributed by atoms with E-state index in [2.05, 4.69) is 36.4 Å². The SMILES string of the molecule is COc1ccccc1/C=C/CC/C=C/c1ccccc1OC. The van der Waals surface area contributed by atoms with Crippen LogP contribution in [0.2, 0.25) is 0 Å². The second kappa shape index (κ2) is 8.73. The van der Waals surface area contributed by atoms with E-state index in [9.17, 15) is 0 Å². The van der Waals surface area contributed by atoms with Gasteiger partial charge in [0.05, 0.1) is 14.2 Å². The minimum absolute atomic E-state index is 0.906. The van der Waals surface area contributed by atoms with Crippen LogP contribution in [0.5, 0.6) is 11.5 Å². The molecule has 0 aliphatic rings. The van der Waals surface area contributed by atoms with Crippen molar-refractivity contribution in [3.05, 3.63) is 71.8 Å². The lowest BCUT2D eigenvalue weighted by molar-refractivity contribution is 0.413. The van der Waals surface area contributed by atoms with Gasteiger partial charge in [-0.15, -0.1) is 0 Å². The number of para-hydroxylation sites is 2. The molecule has 0 amide bonds. The van der Waals surface area contributed by atoms with E-state index >= 15 is 0 Å². The summed E-state index contributed by atoms with van der Waals surface area (Å²) in [5, 5.41) is 0. The molecule has 0 unspecified atom stereocenters. The van der Waals surface area contributed by atoms with Crippen LogP contribution in [0.1, 0.15) is 24.0 Å². The van der Waals surface area contributed by atoms with E-state index in [1.165, 1.54) is 0 Å². The zero-order valence-electron chi connectivity index (χ0n) is 13.2. The fourth-order valence-electron chi connectivity index (χ4n) is 2.22. The third-order valence-corrected chi connectivity index (χ3v) is 3.37. The fraction of sp³-hybridized carbons (Fsp3) is 0.200. The number of rotatable bonds is 7. The first-order chi connectivity index (χ1) is 10.8. The second-order valence-electron chi connectivity index (χ2n) is 4.87. The summed E-state index contributed by atoms with van der Waals surface area (Å²) in [5.41, 5.74) is 2.22. The molecule has 0 radical (unpaired) electrons. The van der Waals surface area contributed by atoms with Crippen LogP contribution in [-0.4, -0.2) is 14.2 Å². The molecule has 0 aliphatic carbocycles. The number of hydrogen-bond acceptors (Lipinski definition) is 2. The van der Waals surface area contributed by atoms with Crippen LogP contribution in [0.4, 0.5) is 0 Å². The molecular weight excluding hydrogens is 272 g/mol. The van der Waals surface area contributed by atoms with Crippen LogP contribution in [0.25, 0.3) is 12.2 Å². The molecule has 2 nitrogen and oxygen atoms in total.